The molecule has 0 spiro atoms. The van der Waals surface area contributed by atoms with Crippen molar-refractivity contribution in [1.82, 2.24) is 4.31 Å². The highest BCUT2D eigenvalue weighted by molar-refractivity contribution is 7.93. The molecule has 1 aliphatic heterocycles. The van der Waals surface area contributed by atoms with Gasteiger partial charge in [0.25, 0.3) is 10.0 Å². The number of anilines is 2. The summed E-state index contributed by atoms with van der Waals surface area (Å²) >= 11 is 12.5. The topological polar surface area (TPSA) is 104 Å². The standard InChI is InChI=1S/C25H25Cl2N3O5S2/c1-18-7-11-21(12-8-18)37(34,35)30(23-6-4-5-22(26)25(23)27)17-24(31)28-19-9-13-20(14-10-19)36(32,33)29-15-2-3-16-29/h4-14H,2-3,15-17H2,1H3,(H,28,31). The van der Waals surface area contributed by atoms with Gasteiger partial charge in [-0.15, -0.1) is 0 Å². The van der Waals surface area contributed by atoms with Crippen LogP contribution in [0, 0.1) is 6.92 Å². The van der Waals surface area contributed by atoms with E-state index in [9.17, 15) is 21.6 Å². The highest BCUT2D eigenvalue weighted by Gasteiger charge is 2.30. The molecule has 1 heterocycles. The summed E-state index contributed by atoms with van der Waals surface area (Å²) in [6.45, 7) is 2.21. The average molecular weight is 583 g/mol. The highest BCUT2D eigenvalue weighted by atomic mass is 35.5. The molecule has 3 aromatic carbocycles. The van der Waals surface area contributed by atoms with Crippen LogP contribution < -0.4 is 9.62 Å². The number of hydrogen-bond donors (Lipinski definition) is 1. The van der Waals surface area contributed by atoms with Gasteiger partial charge < -0.3 is 5.32 Å². The first-order valence-corrected chi connectivity index (χ1v) is 15.1. The summed E-state index contributed by atoms with van der Waals surface area (Å²) in [6, 6.07) is 16.5. The summed E-state index contributed by atoms with van der Waals surface area (Å²) in [7, 11) is -7.78. The van der Waals surface area contributed by atoms with Crippen LogP contribution >= 0.6 is 23.2 Å². The molecule has 0 bridgehead atoms. The molecule has 1 saturated heterocycles. The zero-order valence-corrected chi connectivity index (χ0v) is 23.0. The maximum Gasteiger partial charge on any atom is 0.264 e. The summed E-state index contributed by atoms with van der Waals surface area (Å²) in [5.74, 6) is -0.651. The minimum absolute atomic E-state index is 0.0101. The van der Waals surface area contributed by atoms with Crippen LogP contribution in [0.4, 0.5) is 11.4 Å². The fourth-order valence-corrected chi connectivity index (χ4v) is 7.34. The second kappa shape index (κ2) is 11.0. The Hall–Kier alpha value is -2.63. The van der Waals surface area contributed by atoms with E-state index in [1.165, 1.54) is 52.8 Å². The Kier molecular flexibility index (Phi) is 8.15. The lowest BCUT2D eigenvalue weighted by Gasteiger charge is -2.25. The van der Waals surface area contributed by atoms with Crippen LogP contribution in [-0.2, 0) is 24.8 Å². The number of nitrogens with zero attached hydrogens (tertiary/aromatic N) is 2. The second-order valence-corrected chi connectivity index (χ2v) is 13.2. The molecule has 1 aliphatic rings. The maximum absolute atomic E-state index is 13.5. The lowest BCUT2D eigenvalue weighted by Crippen LogP contribution is -2.38. The molecule has 4 rings (SSSR count). The Morgan fingerprint density at radius 2 is 1.49 bits per heavy atom. The van der Waals surface area contributed by atoms with Crippen molar-refractivity contribution in [1.29, 1.82) is 0 Å². The average Bonchev–Trinajstić information content (AvgIpc) is 3.41. The van der Waals surface area contributed by atoms with E-state index in [0.717, 1.165) is 22.7 Å². The predicted molar refractivity (Wildman–Crippen MR) is 145 cm³/mol. The van der Waals surface area contributed by atoms with Gasteiger partial charge in [0.1, 0.15) is 6.54 Å². The lowest BCUT2D eigenvalue weighted by atomic mass is 10.2. The Bertz CT molecular complexity index is 1500. The quantitative estimate of drug-likeness (QED) is 0.406. The van der Waals surface area contributed by atoms with E-state index in [2.05, 4.69) is 5.32 Å². The highest BCUT2D eigenvalue weighted by Crippen LogP contribution is 2.35. The molecule has 1 amide bonds. The van der Waals surface area contributed by atoms with E-state index >= 15 is 0 Å². The minimum atomic E-state index is -4.19. The molecule has 0 aliphatic carbocycles. The van der Waals surface area contributed by atoms with Gasteiger partial charge >= 0.3 is 0 Å². The Balaban J connectivity index is 1.59. The van der Waals surface area contributed by atoms with Crippen LogP contribution in [0.25, 0.3) is 0 Å². The lowest BCUT2D eigenvalue weighted by molar-refractivity contribution is -0.114. The van der Waals surface area contributed by atoms with E-state index in [0.29, 0.717) is 18.8 Å². The molecule has 0 radical (unpaired) electrons. The Labute approximate surface area is 226 Å². The molecule has 1 fully saturated rings. The van der Waals surface area contributed by atoms with Crippen molar-refractivity contribution < 1.29 is 21.6 Å². The van der Waals surface area contributed by atoms with Crippen LogP contribution in [0.5, 0.6) is 0 Å². The number of hydrogen-bond acceptors (Lipinski definition) is 5. The zero-order chi connectivity index (χ0) is 26.8. The molecule has 1 N–H and O–H groups in total. The van der Waals surface area contributed by atoms with Crippen molar-refractivity contribution in [3.8, 4) is 0 Å². The molecule has 3 aromatic rings. The molecule has 0 saturated carbocycles. The first kappa shape index (κ1) is 27.4. The fourth-order valence-electron chi connectivity index (χ4n) is 3.94. The van der Waals surface area contributed by atoms with Gasteiger partial charge in [-0.1, -0.05) is 47.0 Å². The maximum atomic E-state index is 13.5. The number of carbonyl (C=O) groups excluding carboxylic acids is 1. The third-order valence-corrected chi connectivity index (χ3v) is 10.4. The summed E-state index contributed by atoms with van der Waals surface area (Å²) in [5, 5.41) is 2.75. The number of benzene rings is 3. The number of nitrogens with one attached hydrogen (secondary N) is 1. The van der Waals surface area contributed by atoms with Crippen LogP contribution in [-0.4, -0.2) is 46.7 Å². The minimum Gasteiger partial charge on any atom is -0.325 e. The van der Waals surface area contributed by atoms with Crippen molar-refractivity contribution in [3.63, 3.8) is 0 Å². The largest absolute Gasteiger partial charge is 0.325 e. The number of sulfonamides is 2. The van der Waals surface area contributed by atoms with E-state index < -0.39 is 32.5 Å². The Morgan fingerprint density at radius 3 is 2.11 bits per heavy atom. The molecular weight excluding hydrogens is 557 g/mol. The summed E-state index contributed by atoms with van der Waals surface area (Å²) in [5.41, 5.74) is 1.24. The van der Waals surface area contributed by atoms with Gasteiger partial charge in [0.15, 0.2) is 0 Å². The van der Waals surface area contributed by atoms with Gasteiger partial charge in [0.05, 0.1) is 25.5 Å². The number of amides is 1. The molecule has 0 unspecified atom stereocenters. The normalized spacial score (nSPS) is 14.5. The first-order chi connectivity index (χ1) is 17.5. The van der Waals surface area contributed by atoms with E-state index in [1.807, 2.05) is 6.92 Å². The molecule has 196 valence electrons. The van der Waals surface area contributed by atoms with E-state index in [-0.39, 0.29) is 25.5 Å². The molecule has 12 heteroatoms. The first-order valence-electron chi connectivity index (χ1n) is 11.4. The third kappa shape index (κ3) is 5.94. The SMILES string of the molecule is Cc1ccc(S(=O)(=O)N(CC(=O)Nc2ccc(S(=O)(=O)N3CCCC3)cc2)c2cccc(Cl)c2Cl)cc1. The Morgan fingerprint density at radius 1 is 0.892 bits per heavy atom. The smallest absolute Gasteiger partial charge is 0.264 e. The van der Waals surface area contributed by atoms with Crippen LogP contribution in [0.1, 0.15) is 18.4 Å². The summed E-state index contributed by atoms with van der Waals surface area (Å²) in [6.07, 6.45) is 1.65. The van der Waals surface area contributed by atoms with Crippen molar-refractivity contribution in [2.24, 2.45) is 0 Å². The number of halogens is 2. The predicted octanol–water partition coefficient (Wildman–Crippen LogP) is 4.92. The van der Waals surface area contributed by atoms with Crippen LogP contribution in [0.3, 0.4) is 0 Å². The number of aryl methyl sites for hydroxylation is 1. The van der Waals surface area contributed by atoms with Crippen molar-refractivity contribution in [2.75, 3.05) is 29.3 Å². The van der Waals surface area contributed by atoms with E-state index in [1.54, 1.807) is 18.2 Å². The van der Waals surface area contributed by atoms with Crippen LogP contribution in [0.2, 0.25) is 10.0 Å². The van der Waals surface area contributed by atoms with Gasteiger partial charge in [-0.2, -0.15) is 4.31 Å². The monoisotopic (exact) mass is 581 g/mol. The molecular formula is C25H25Cl2N3O5S2. The molecule has 37 heavy (non-hydrogen) atoms. The second-order valence-electron chi connectivity index (χ2n) is 8.58. The number of rotatable bonds is 8. The van der Waals surface area contributed by atoms with Gasteiger partial charge in [-0.3, -0.25) is 9.10 Å². The molecule has 0 aromatic heterocycles. The van der Waals surface area contributed by atoms with Crippen molar-refractivity contribution in [2.45, 2.75) is 29.6 Å². The van der Waals surface area contributed by atoms with Gasteiger partial charge in [0, 0.05) is 18.8 Å². The molecule has 8 nitrogen and oxygen atoms in total. The van der Waals surface area contributed by atoms with Gasteiger partial charge in [0.2, 0.25) is 15.9 Å². The van der Waals surface area contributed by atoms with Crippen molar-refractivity contribution >= 4 is 60.5 Å². The summed E-state index contributed by atoms with van der Waals surface area (Å²) in [4.78, 5) is 13.1. The fraction of sp³-hybridized carbons (Fsp3) is 0.240. The third-order valence-electron chi connectivity index (χ3n) is 5.94. The van der Waals surface area contributed by atoms with E-state index in [4.69, 9.17) is 23.2 Å². The van der Waals surface area contributed by atoms with Gasteiger partial charge in [-0.05, 0) is 68.3 Å². The van der Waals surface area contributed by atoms with Gasteiger partial charge in [-0.25, -0.2) is 16.8 Å². The summed E-state index contributed by atoms with van der Waals surface area (Å²) < 4.78 is 54.9. The zero-order valence-electron chi connectivity index (χ0n) is 19.9. The van der Waals surface area contributed by atoms with Crippen molar-refractivity contribution in [3.05, 3.63) is 82.3 Å². The molecule has 0 atom stereocenters. The van der Waals surface area contributed by atoms with Crippen LogP contribution in [0.15, 0.2) is 76.5 Å². The number of carbonyl (C=O) groups is 1.